The molecule has 0 saturated heterocycles. The molecule has 0 rings (SSSR count). The maximum atomic E-state index is 13.1. The van der Waals surface area contributed by atoms with E-state index in [-0.39, 0.29) is 25.7 Å². The zero-order valence-electron chi connectivity index (χ0n) is 66.2. The van der Waals surface area contributed by atoms with Gasteiger partial charge in [0.15, 0.2) is 12.2 Å². The maximum absolute atomic E-state index is 13.1. The third kappa shape index (κ3) is 76.1. The number of aliphatic hydroxyl groups is 1. The summed E-state index contributed by atoms with van der Waals surface area (Å²) in [5.41, 5.74) is 0. The van der Waals surface area contributed by atoms with Crippen LogP contribution in [0.3, 0.4) is 0 Å². The van der Waals surface area contributed by atoms with E-state index < -0.39 is 97.5 Å². The van der Waals surface area contributed by atoms with Crippen LogP contribution in [0.5, 0.6) is 0 Å². The molecule has 101 heavy (non-hydrogen) atoms. The Labute approximate surface area is 619 Å². The highest BCUT2D eigenvalue weighted by Crippen LogP contribution is 2.45. The molecule has 0 fully saturated rings. The molecular weight excluding hydrogens is 1320 g/mol. The molecule has 0 aliphatic carbocycles. The second-order valence-electron chi connectivity index (χ2n) is 30.5. The standard InChI is InChI=1S/C82H160O17P2/c1-7-9-11-13-15-17-19-20-21-22-23-24-25-26-31-34-38-42-48-55-61-67-82(87)98-77(70-92-79(84)64-58-52-46-40-37-33-30-28-27-29-32-36-39-44-50-56-62-74(3)4)72-96-100(88,89)94-68-76(83)69-95-101(90,91)97-73-78(71-93-80(85)65-59-53-49-43-45-51-57-63-75(5)6)99-81(86)66-60-54-47-41-35-18-16-14-12-10-8-2/h74-78,83H,7-73H2,1-6H3,(H,88,89)(H,90,91)/t76-,77-,78-/m1/s1. The zero-order valence-corrected chi connectivity index (χ0v) is 68.0. The molecule has 17 nitrogen and oxygen atoms in total. The highest BCUT2D eigenvalue weighted by atomic mass is 31.2. The Hall–Kier alpha value is -1.94. The molecule has 0 spiro atoms. The Morgan fingerprint density at radius 2 is 0.455 bits per heavy atom. The molecule has 5 atom stereocenters. The van der Waals surface area contributed by atoms with Crippen LogP contribution in [0, 0.1) is 11.8 Å². The number of phosphoric ester groups is 2. The van der Waals surface area contributed by atoms with Crippen LogP contribution in [0.2, 0.25) is 0 Å². The highest BCUT2D eigenvalue weighted by molar-refractivity contribution is 7.47. The molecule has 0 aliphatic heterocycles. The minimum absolute atomic E-state index is 0.106. The Morgan fingerprint density at radius 3 is 0.673 bits per heavy atom. The number of aliphatic hydroxyl groups excluding tert-OH is 1. The lowest BCUT2D eigenvalue weighted by molar-refractivity contribution is -0.161. The number of rotatable bonds is 81. The van der Waals surface area contributed by atoms with E-state index in [0.717, 1.165) is 102 Å². The van der Waals surface area contributed by atoms with Crippen molar-refractivity contribution >= 4 is 39.5 Å². The van der Waals surface area contributed by atoms with Crippen molar-refractivity contribution in [3.8, 4) is 0 Å². The molecule has 0 heterocycles. The van der Waals surface area contributed by atoms with E-state index in [1.165, 1.54) is 244 Å². The van der Waals surface area contributed by atoms with Crippen LogP contribution >= 0.6 is 15.6 Å². The fourth-order valence-corrected chi connectivity index (χ4v) is 14.3. The Bertz CT molecular complexity index is 1940. The highest BCUT2D eigenvalue weighted by Gasteiger charge is 2.30. The predicted molar refractivity (Wildman–Crippen MR) is 414 cm³/mol. The van der Waals surface area contributed by atoms with Crippen LogP contribution < -0.4 is 0 Å². The molecule has 600 valence electrons. The van der Waals surface area contributed by atoms with Gasteiger partial charge in [0, 0.05) is 25.7 Å². The fraction of sp³-hybridized carbons (Fsp3) is 0.951. The number of carbonyl (C=O) groups excluding carboxylic acids is 4. The van der Waals surface area contributed by atoms with E-state index in [2.05, 4.69) is 41.5 Å². The second-order valence-corrected chi connectivity index (χ2v) is 33.4. The molecule has 0 amide bonds. The predicted octanol–water partition coefficient (Wildman–Crippen LogP) is 24.7. The van der Waals surface area contributed by atoms with Crippen molar-refractivity contribution in [3.05, 3.63) is 0 Å². The van der Waals surface area contributed by atoms with Crippen LogP contribution in [0.4, 0.5) is 0 Å². The summed E-state index contributed by atoms with van der Waals surface area (Å²) < 4.78 is 68.7. The first-order valence-electron chi connectivity index (χ1n) is 42.5. The third-order valence-electron chi connectivity index (χ3n) is 19.2. The SMILES string of the molecule is CCCCCCCCCCCCCCCCCCCCCCCC(=O)O[C@H](COC(=O)CCCCCCCCCCCCCCCCCCC(C)C)COP(=O)(O)OC[C@@H](O)COP(=O)(O)OC[C@@H](COC(=O)CCCCCCCCCC(C)C)OC(=O)CCCCCCCCCCCCC. The molecule has 0 bridgehead atoms. The Kier molecular flexibility index (Phi) is 72.2. The Morgan fingerprint density at radius 1 is 0.267 bits per heavy atom. The molecule has 0 aromatic carbocycles. The van der Waals surface area contributed by atoms with Gasteiger partial charge in [0.2, 0.25) is 0 Å². The van der Waals surface area contributed by atoms with Gasteiger partial charge in [-0.1, -0.05) is 382 Å². The molecular formula is C82H160O17P2. The van der Waals surface area contributed by atoms with Crippen molar-refractivity contribution in [2.24, 2.45) is 11.8 Å². The van der Waals surface area contributed by atoms with Crippen LogP contribution in [0.1, 0.15) is 433 Å². The quantitative estimate of drug-likeness (QED) is 0.0222. The molecule has 0 radical (unpaired) electrons. The number of hydrogen-bond acceptors (Lipinski definition) is 15. The minimum atomic E-state index is -4.96. The van der Waals surface area contributed by atoms with E-state index >= 15 is 0 Å². The molecule has 0 aliphatic rings. The van der Waals surface area contributed by atoms with E-state index in [1.807, 2.05) is 0 Å². The van der Waals surface area contributed by atoms with Crippen LogP contribution in [-0.2, 0) is 65.4 Å². The lowest BCUT2D eigenvalue weighted by atomic mass is 10.0. The number of esters is 4. The largest absolute Gasteiger partial charge is 0.472 e. The lowest BCUT2D eigenvalue weighted by Crippen LogP contribution is -2.30. The van der Waals surface area contributed by atoms with Crippen molar-refractivity contribution in [2.45, 2.75) is 452 Å². The van der Waals surface area contributed by atoms with Gasteiger partial charge in [-0.05, 0) is 37.5 Å². The van der Waals surface area contributed by atoms with Gasteiger partial charge in [-0.25, -0.2) is 9.13 Å². The second kappa shape index (κ2) is 73.6. The van der Waals surface area contributed by atoms with Gasteiger partial charge in [-0.15, -0.1) is 0 Å². The summed E-state index contributed by atoms with van der Waals surface area (Å²) in [5, 5.41) is 10.6. The summed E-state index contributed by atoms with van der Waals surface area (Å²) in [4.78, 5) is 73.0. The maximum Gasteiger partial charge on any atom is 0.472 e. The third-order valence-corrected chi connectivity index (χ3v) is 21.1. The van der Waals surface area contributed by atoms with Crippen molar-refractivity contribution in [1.29, 1.82) is 0 Å². The molecule has 19 heteroatoms. The van der Waals surface area contributed by atoms with Crippen molar-refractivity contribution in [2.75, 3.05) is 39.6 Å². The van der Waals surface area contributed by atoms with Gasteiger partial charge in [-0.3, -0.25) is 37.3 Å². The monoisotopic (exact) mass is 1480 g/mol. The van der Waals surface area contributed by atoms with Crippen LogP contribution in [0.25, 0.3) is 0 Å². The van der Waals surface area contributed by atoms with Crippen LogP contribution in [-0.4, -0.2) is 96.7 Å². The van der Waals surface area contributed by atoms with E-state index in [1.54, 1.807) is 0 Å². The van der Waals surface area contributed by atoms with E-state index in [9.17, 15) is 43.2 Å². The molecule has 0 aromatic rings. The van der Waals surface area contributed by atoms with Crippen molar-refractivity contribution < 1.29 is 80.2 Å². The molecule has 2 unspecified atom stereocenters. The van der Waals surface area contributed by atoms with Gasteiger partial charge in [-0.2, -0.15) is 0 Å². The number of carbonyl (C=O) groups is 4. The Balaban J connectivity index is 5.20. The van der Waals surface area contributed by atoms with Gasteiger partial charge in [0.25, 0.3) is 0 Å². The smallest absolute Gasteiger partial charge is 0.462 e. The molecule has 0 saturated carbocycles. The van der Waals surface area contributed by atoms with E-state index in [0.29, 0.717) is 31.6 Å². The van der Waals surface area contributed by atoms with Gasteiger partial charge >= 0.3 is 39.5 Å². The number of hydrogen-bond donors (Lipinski definition) is 3. The first kappa shape index (κ1) is 99.1. The fourth-order valence-electron chi connectivity index (χ4n) is 12.7. The summed E-state index contributed by atoms with van der Waals surface area (Å²) in [6, 6.07) is 0. The van der Waals surface area contributed by atoms with Crippen molar-refractivity contribution in [3.63, 3.8) is 0 Å². The van der Waals surface area contributed by atoms with Gasteiger partial charge < -0.3 is 33.8 Å². The first-order chi connectivity index (χ1) is 48.9. The normalized spacial score (nSPS) is 13.9. The number of phosphoric acid groups is 2. The van der Waals surface area contributed by atoms with Crippen LogP contribution in [0.15, 0.2) is 0 Å². The summed E-state index contributed by atoms with van der Waals surface area (Å²) in [6.07, 6.45) is 64.1. The average Bonchev–Trinajstić information content (AvgIpc) is 0.981. The first-order valence-corrected chi connectivity index (χ1v) is 45.5. The summed E-state index contributed by atoms with van der Waals surface area (Å²) in [7, 11) is -9.92. The summed E-state index contributed by atoms with van der Waals surface area (Å²) >= 11 is 0. The number of unbranched alkanes of at least 4 members (excludes halogenated alkanes) is 51. The topological polar surface area (TPSA) is 237 Å². The van der Waals surface area contributed by atoms with E-state index in [4.69, 9.17) is 37.0 Å². The van der Waals surface area contributed by atoms with Gasteiger partial charge in [0.05, 0.1) is 26.4 Å². The minimum Gasteiger partial charge on any atom is -0.462 e. The van der Waals surface area contributed by atoms with Gasteiger partial charge in [0.1, 0.15) is 19.3 Å². The molecule has 0 aromatic heterocycles. The lowest BCUT2D eigenvalue weighted by Gasteiger charge is -2.21. The number of ether oxygens (including phenoxy) is 4. The average molecular weight is 1480 g/mol. The summed E-state index contributed by atoms with van der Waals surface area (Å²) in [5.74, 6) is -0.591. The van der Waals surface area contributed by atoms with Crippen molar-refractivity contribution in [1.82, 2.24) is 0 Å². The summed E-state index contributed by atoms with van der Waals surface area (Å²) in [6.45, 7) is 9.61. The zero-order chi connectivity index (χ0) is 74.2. The molecule has 3 N–H and O–H groups in total.